The maximum absolute atomic E-state index is 5.47. The molecule has 0 unspecified atom stereocenters. The standard InChI is InChI=1S/C15H30N2O/c1-13(2)12(14(13,3)4)17-10-15(11-18-5)6-8-16-9-7-15/h12,16-17H,6-11H2,1-5H3. The first-order valence-electron chi connectivity index (χ1n) is 7.29. The summed E-state index contributed by atoms with van der Waals surface area (Å²) in [5.41, 5.74) is 1.19. The highest BCUT2D eigenvalue weighted by Crippen LogP contribution is 2.62. The topological polar surface area (TPSA) is 33.3 Å². The highest BCUT2D eigenvalue weighted by molar-refractivity contribution is 5.18. The van der Waals surface area contributed by atoms with Crippen molar-refractivity contribution in [1.82, 2.24) is 10.6 Å². The first-order valence-corrected chi connectivity index (χ1v) is 7.29. The SMILES string of the molecule is COCC1(CNC2C(C)(C)C2(C)C)CCNCC1. The Hall–Kier alpha value is -0.120. The Morgan fingerprint density at radius 2 is 1.67 bits per heavy atom. The van der Waals surface area contributed by atoms with Crippen molar-refractivity contribution >= 4 is 0 Å². The molecule has 1 saturated carbocycles. The molecule has 1 aliphatic heterocycles. The van der Waals surface area contributed by atoms with Crippen molar-refractivity contribution in [2.24, 2.45) is 16.2 Å². The molecule has 3 heteroatoms. The molecule has 18 heavy (non-hydrogen) atoms. The molecule has 3 nitrogen and oxygen atoms in total. The van der Waals surface area contributed by atoms with Gasteiger partial charge in [0.25, 0.3) is 0 Å². The van der Waals surface area contributed by atoms with E-state index >= 15 is 0 Å². The van der Waals surface area contributed by atoms with Gasteiger partial charge in [-0.05, 0) is 36.8 Å². The average molecular weight is 254 g/mol. The molecule has 2 aliphatic rings. The van der Waals surface area contributed by atoms with Crippen molar-refractivity contribution in [1.29, 1.82) is 0 Å². The molecular weight excluding hydrogens is 224 g/mol. The van der Waals surface area contributed by atoms with Crippen LogP contribution in [0.5, 0.6) is 0 Å². The van der Waals surface area contributed by atoms with E-state index in [1.54, 1.807) is 0 Å². The Morgan fingerprint density at radius 3 is 2.11 bits per heavy atom. The van der Waals surface area contributed by atoms with Crippen LogP contribution in [-0.2, 0) is 4.74 Å². The molecule has 1 saturated heterocycles. The molecule has 0 atom stereocenters. The molecule has 0 amide bonds. The number of rotatable bonds is 5. The number of nitrogens with one attached hydrogen (secondary N) is 2. The van der Waals surface area contributed by atoms with Gasteiger partial charge in [0.15, 0.2) is 0 Å². The molecule has 106 valence electrons. The van der Waals surface area contributed by atoms with Gasteiger partial charge in [0.2, 0.25) is 0 Å². The Morgan fingerprint density at radius 1 is 1.11 bits per heavy atom. The van der Waals surface area contributed by atoms with Crippen molar-refractivity contribution in [2.45, 2.75) is 46.6 Å². The van der Waals surface area contributed by atoms with Crippen molar-refractivity contribution < 1.29 is 4.74 Å². The lowest BCUT2D eigenvalue weighted by molar-refractivity contribution is 0.0525. The Bertz CT molecular complexity index is 273. The summed E-state index contributed by atoms with van der Waals surface area (Å²) in [5, 5.41) is 7.28. The smallest absolute Gasteiger partial charge is 0.0531 e. The van der Waals surface area contributed by atoms with E-state index in [2.05, 4.69) is 38.3 Å². The lowest BCUT2D eigenvalue weighted by Crippen LogP contribution is -2.47. The highest BCUT2D eigenvalue weighted by atomic mass is 16.5. The van der Waals surface area contributed by atoms with Crippen LogP contribution in [0, 0.1) is 16.2 Å². The molecule has 1 heterocycles. The van der Waals surface area contributed by atoms with Crippen molar-refractivity contribution in [2.75, 3.05) is 33.4 Å². The summed E-state index contributed by atoms with van der Waals surface area (Å²) in [7, 11) is 1.83. The van der Waals surface area contributed by atoms with Gasteiger partial charge in [-0.3, -0.25) is 0 Å². The summed E-state index contributed by atoms with van der Waals surface area (Å²) in [4.78, 5) is 0. The zero-order chi connectivity index (χ0) is 13.4. The first kappa shape index (κ1) is 14.3. The van der Waals surface area contributed by atoms with Gasteiger partial charge >= 0.3 is 0 Å². The minimum Gasteiger partial charge on any atom is -0.384 e. The fraction of sp³-hybridized carbons (Fsp3) is 1.00. The van der Waals surface area contributed by atoms with Crippen molar-refractivity contribution in [3.63, 3.8) is 0 Å². The van der Waals surface area contributed by atoms with Gasteiger partial charge in [0.05, 0.1) is 6.61 Å². The second-order valence-electron chi connectivity index (χ2n) is 7.44. The third kappa shape index (κ3) is 2.33. The van der Waals surface area contributed by atoms with E-state index in [9.17, 15) is 0 Å². The number of ether oxygens (including phenoxy) is 1. The second-order valence-corrected chi connectivity index (χ2v) is 7.44. The van der Waals surface area contributed by atoms with Crippen molar-refractivity contribution in [3.05, 3.63) is 0 Å². The fourth-order valence-corrected chi connectivity index (χ4v) is 3.66. The van der Waals surface area contributed by atoms with Gasteiger partial charge < -0.3 is 15.4 Å². The lowest BCUT2D eigenvalue weighted by atomic mass is 9.79. The third-order valence-corrected chi connectivity index (χ3v) is 5.82. The number of piperidine rings is 1. The zero-order valence-corrected chi connectivity index (χ0v) is 12.7. The van der Waals surface area contributed by atoms with E-state index in [1.807, 2.05) is 7.11 Å². The molecular formula is C15H30N2O. The second kappa shape index (κ2) is 4.77. The van der Waals surface area contributed by atoms with Gasteiger partial charge in [-0.25, -0.2) is 0 Å². The van der Waals surface area contributed by atoms with E-state index < -0.39 is 0 Å². The molecule has 2 fully saturated rings. The molecule has 0 spiro atoms. The van der Waals surface area contributed by atoms with Crippen LogP contribution in [0.4, 0.5) is 0 Å². The first-order chi connectivity index (χ1) is 8.36. The highest BCUT2D eigenvalue weighted by Gasteiger charge is 2.64. The van der Waals surface area contributed by atoms with E-state index in [0.29, 0.717) is 22.3 Å². The molecule has 0 aromatic rings. The molecule has 0 bridgehead atoms. The van der Waals surface area contributed by atoms with Gasteiger partial charge in [-0.1, -0.05) is 27.7 Å². The van der Waals surface area contributed by atoms with E-state index in [-0.39, 0.29) is 0 Å². The maximum atomic E-state index is 5.47. The normalized spacial score (nSPS) is 29.2. The minimum atomic E-state index is 0.342. The van der Waals surface area contributed by atoms with Crippen LogP contribution in [0.15, 0.2) is 0 Å². The van der Waals surface area contributed by atoms with E-state index in [1.165, 1.54) is 12.8 Å². The Labute approximate surface area is 112 Å². The summed E-state index contributed by atoms with van der Waals surface area (Å²) in [5.74, 6) is 0. The summed E-state index contributed by atoms with van der Waals surface area (Å²) in [6.07, 6.45) is 2.45. The molecule has 2 rings (SSSR count). The quantitative estimate of drug-likeness (QED) is 0.787. The van der Waals surface area contributed by atoms with Crippen LogP contribution in [0.1, 0.15) is 40.5 Å². The van der Waals surface area contributed by atoms with Crippen molar-refractivity contribution in [3.8, 4) is 0 Å². The average Bonchev–Trinajstić information content (AvgIpc) is 2.69. The number of hydrogen-bond donors (Lipinski definition) is 2. The van der Waals surface area contributed by atoms with Gasteiger partial charge in [0.1, 0.15) is 0 Å². The van der Waals surface area contributed by atoms with Gasteiger partial charge in [0, 0.05) is 25.1 Å². The maximum Gasteiger partial charge on any atom is 0.0531 e. The Kier molecular flexibility index (Phi) is 3.79. The summed E-state index contributed by atoms with van der Waals surface area (Å²) in [6, 6.07) is 0.647. The summed E-state index contributed by atoms with van der Waals surface area (Å²) < 4.78 is 5.47. The molecule has 1 aliphatic carbocycles. The largest absolute Gasteiger partial charge is 0.384 e. The van der Waals surface area contributed by atoms with E-state index in [4.69, 9.17) is 4.74 Å². The van der Waals surface area contributed by atoms with Crippen LogP contribution in [0.3, 0.4) is 0 Å². The van der Waals surface area contributed by atoms with Crippen LogP contribution in [0.2, 0.25) is 0 Å². The predicted molar refractivity (Wildman–Crippen MR) is 75.8 cm³/mol. The lowest BCUT2D eigenvalue weighted by Gasteiger charge is -2.37. The molecule has 0 aromatic carbocycles. The minimum absolute atomic E-state index is 0.342. The molecule has 0 radical (unpaired) electrons. The van der Waals surface area contributed by atoms with Crippen LogP contribution < -0.4 is 10.6 Å². The summed E-state index contributed by atoms with van der Waals surface area (Å²) in [6.45, 7) is 13.7. The fourth-order valence-electron chi connectivity index (χ4n) is 3.66. The number of methoxy groups -OCH3 is 1. The molecule has 2 N–H and O–H groups in total. The van der Waals surface area contributed by atoms with Gasteiger partial charge in [-0.15, -0.1) is 0 Å². The van der Waals surface area contributed by atoms with Crippen LogP contribution >= 0.6 is 0 Å². The molecule has 0 aromatic heterocycles. The van der Waals surface area contributed by atoms with E-state index in [0.717, 1.165) is 26.2 Å². The monoisotopic (exact) mass is 254 g/mol. The van der Waals surface area contributed by atoms with Crippen LogP contribution in [0.25, 0.3) is 0 Å². The van der Waals surface area contributed by atoms with Gasteiger partial charge in [-0.2, -0.15) is 0 Å². The summed E-state index contributed by atoms with van der Waals surface area (Å²) >= 11 is 0. The zero-order valence-electron chi connectivity index (χ0n) is 12.7. The van der Waals surface area contributed by atoms with Crippen LogP contribution in [-0.4, -0.2) is 39.4 Å². The third-order valence-electron chi connectivity index (χ3n) is 5.82. The predicted octanol–water partition coefficient (Wildman–Crippen LogP) is 2.03. The number of hydrogen-bond acceptors (Lipinski definition) is 3. The Balaban J connectivity index is 1.91.